The molecule has 0 aliphatic heterocycles. The quantitative estimate of drug-likeness (QED) is 0.768. The maximum Gasteiger partial charge on any atom is 0.342 e. The highest BCUT2D eigenvalue weighted by atomic mass is 16.5. The fraction of sp³-hybridized carbons (Fsp3) is 0.417. The van der Waals surface area contributed by atoms with Gasteiger partial charge >= 0.3 is 5.97 Å². The average molecular weight is 208 g/mol. The summed E-state index contributed by atoms with van der Waals surface area (Å²) in [6.45, 7) is 1.91. The topological polar surface area (TPSA) is 46.5 Å². The maximum absolute atomic E-state index is 11.6. The Kier molecular flexibility index (Phi) is 3.86. The number of carbonyl (C=O) groups is 1. The Labute approximate surface area is 89.7 Å². The molecule has 1 aromatic rings. The predicted molar refractivity (Wildman–Crippen MR) is 57.3 cm³/mol. The molecular weight excluding hydrogens is 192 g/mol. The van der Waals surface area contributed by atoms with Crippen LogP contribution in [-0.4, -0.2) is 18.2 Å². The molecule has 1 aromatic carbocycles. The van der Waals surface area contributed by atoms with Gasteiger partial charge in [-0.3, -0.25) is 0 Å². The van der Waals surface area contributed by atoms with Crippen LogP contribution in [0.25, 0.3) is 0 Å². The van der Waals surface area contributed by atoms with Crippen LogP contribution in [0.2, 0.25) is 0 Å². The van der Waals surface area contributed by atoms with E-state index >= 15 is 0 Å². The fourth-order valence-corrected chi connectivity index (χ4v) is 1.61. The van der Waals surface area contributed by atoms with Gasteiger partial charge in [0.2, 0.25) is 0 Å². The number of hydrogen-bond acceptors (Lipinski definition) is 3. The highest BCUT2D eigenvalue weighted by Gasteiger charge is 2.37. The average Bonchev–Trinajstić information content (AvgIpc) is 2.29. The molecule has 0 radical (unpaired) electrons. The molecule has 1 atom stereocenters. The lowest BCUT2D eigenvalue weighted by atomic mass is 9.89. The first-order valence-corrected chi connectivity index (χ1v) is 5.01. The minimum atomic E-state index is -1.51. The normalized spacial score (nSPS) is 14.3. The van der Waals surface area contributed by atoms with Gasteiger partial charge in [0, 0.05) is 0 Å². The number of carbonyl (C=O) groups excluding carboxylic acids is 1. The summed E-state index contributed by atoms with van der Waals surface area (Å²) in [7, 11) is 1.28. The van der Waals surface area contributed by atoms with Crippen LogP contribution < -0.4 is 0 Å². The van der Waals surface area contributed by atoms with Gasteiger partial charge in [0.05, 0.1) is 7.11 Å². The number of rotatable bonds is 4. The molecule has 0 saturated carbocycles. The summed E-state index contributed by atoms with van der Waals surface area (Å²) in [4.78, 5) is 11.6. The molecule has 1 N–H and O–H groups in total. The van der Waals surface area contributed by atoms with Crippen molar-refractivity contribution in [3.63, 3.8) is 0 Å². The van der Waals surface area contributed by atoms with E-state index in [1.165, 1.54) is 7.11 Å². The number of esters is 1. The Morgan fingerprint density at radius 3 is 2.47 bits per heavy atom. The zero-order valence-electron chi connectivity index (χ0n) is 9.06. The molecule has 0 aromatic heterocycles. The molecule has 0 heterocycles. The Morgan fingerprint density at radius 1 is 1.40 bits per heavy atom. The Hall–Kier alpha value is -1.35. The summed E-state index contributed by atoms with van der Waals surface area (Å²) in [5.41, 5.74) is -0.927. The van der Waals surface area contributed by atoms with Crippen molar-refractivity contribution in [2.75, 3.05) is 7.11 Å². The zero-order chi connectivity index (χ0) is 11.3. The van der Waals surface area contributed by atoms with Crippen molar-refractivity contribution in [3.05, 3.63) is 35.9 Å². The molecule has 0 amide bonds. The highest BCUT2D eigenvalue weighted by Crippen LogP contribution is 2.27. The van der Waals surface area contributed by atoms with E-state index in [0.717, 1.165) is 0 Å². The summed E-state index contributed by atoms with van der Waals surface area (Å²) in [6.07, 6.45) is 1.07. The van der Waals surface area contributed by atoms with Gasteiger partial charge in [-0.2, -0.15) is 0 Å². The van der Waals surface area contributed by atoms with Crippen LogP contribution >= 0.6 is 0 Å². The lowest BCUT2D eigenvalue weighted by Crippen LogP contribution is -2.36. The predicted octanol–water partition coefficient (Wildman–Crippen LogP) is 1.85. The number of aliphatic hydroxyl groups is 1. The SMILES string of the molecule is CCC[C@@](O)(C(=O)OC)c1ccccc1. The van der Waals surface area contributed by atoms with Crippen LogP contribution in [0.15, 0.2) is 30.3 Å². The van der Waals surface area contributed by atoms with Crippen LogP contribution in [0.1, 0.15) is 25.3 Å². The Bertz CT molecular complexity index is 321. The zero-order valence-corrected chi connectivity index (χ0v) is 9.06. The van der Waals surface area contributed by atoms with E-state index in [9.17, 15) is 9.90 Å². The smallest absolute Gasteiger partial charge is 0.342 e. The van der Waals surface area contributed by atoms with Crippen molar-refractivity contribution in [3.8, 4) is 0 Å². The third-order valence-corrected chi connectivity index (χ3v) is 2.39. The van der Waals surface area contributed by atoms with Crippen LogP contribution in [0.3, 0.4) is 0 Å². The third kappa shape index (κ3) is 2.36. The van der Waals surface area contributed by atoms with Gasteiger partial charge in [-0.15, -0.1) is 0 Å². The van der Waals surface area contributed by atoms with Gasteiger partial charge in [0.25, 0.3) is 0 Å². The lowest BCUT2D eigenvalue weighted by Gasteiger charge is -2.25. The van der Waals surface area contributed by atoms with Crippen LogP contribution in [0.4, 0.5) is 0 Å². The number of hydrogen-bond donors (Lipinski definition) is 1. The van der Waals surface area contributed by atoms with Gasteiger partial charge in [0.15, 0.2) is 5.60 Å². The molecule has 1 rings (SSSR count). The van der Waals surface area contributed by atoms with Crippen molar-refractivity contribution < 1.29 is 14.6 Å². The van der Waals surface area contributed by atoms with E-state index in [0.29, 0.717) is 18.4 Å². The Morgan fingerprint density at radius 2 is 2.00 bits per heavy atom. The second kappa shape index (κ2) is 4.94. The van der Waals surface area contributed by atoms with Crippen molar-refractivity contribution >= 4 is 5.97 Å². The molecule has 0 aliphatic rings. The first-order valence-electron chi connectivity index (χ1n) is 5.01. The van der Waals surface area contributed by atoms with E-state index in [4.69, 9.17) is 0 Å². The van der Waals surface area contributed by atoms with Gasteiger partial charge in [-0.1, -0.05) is 43.7 Å². The second-order valence-corrected chi connectivity index (χ2v) is 3.47. The van der Waals surface area contributed by atoms with E-state index in [1.807, 2.05) is 13.0 Å². The van der Waals surface area contributed by atoms with Crippen LogP contribution in [0.5, 0.6) is 0 Å². The minimum Gasteiger partial charge on any atom is -0.467 e. The summed E-state index contributed by atoms with van der Waals surface area (Å²) in [5, 5.41) is 10.3. The van der Waals surface area contributed by atoms with Gasteiger partial charge in [-0.05, 0) is 12.0 Å². The first-order chi connectivity index (χ1) is 7.15. The lowest BCUT2D eigenvalue weighted by molar-refractivity contribution is -0.164. The Balaban J connectivity index is 3.06. The van der Waals surface area contributed by atoms with Crippen molar-refractivity contribution in [1.82, 2.24) is 0 Å². The fourth-order valence-electron chi connectivity index (χ4n) is 1.61. The molecule has 0 aliphatic carbocycles. The molecule has 0 unspecified atom stereocenters. The molecule has 0 saturated heterocycles. The van der Waals surface area contributed by atoms with Crippen molar-refractivity contribution in [1.29, 1.82) is 0 Å². The molecular formula is C12H16O3. The van der Waals surface area contributed by atoms with Crippen molar-refractivity contribution in [2.24, 2.45) is 0 Å². The highest BCUT2D eigenvalue weighted by molar-refractivity contribution is 5.80. The summed E-state index contributed by atoms with van der Waals surface area (Å²) < 4.78 is 4.63. The number of methoxy groups -OCH3 is 1. The van der Waals surface area contributed by atoms with E-state index in [1.54, 1.807) is 24.3 Å². The molecule has 3 heteroatoms. The number of ether oxygens (including phenoxy) is 1. The van der Waals surface area contributed by atoms with E-state index in [2.05, 4.69) is 4.74 Å². The number of benzene rings is 1. The molecule has 15 heavy (non-hydrogen) atoms. The summed E-state index contributed by atoms with van der Waals surface area (Å²) >= 11 is 0. The molecule has 3 nitrogen and oxygen atoms in total. The molecule has 0 bridgehead atoms. The standard InChI is InChI=1S/C12H16O3/c1-3-9-12(14,11(13)15-2)10-7-5-4-6-8-10/h4-8,14H,3,9H2,1-2H3/t12-/m0/s1. The van der Waals surface area contributed by atoms with E-state index < -0.39 is 11.6 Å². The molecule has 0 fully saturated rings. The summed E-state index contributed by atoms with van der Waals surface area (Å²) in [6, 6.07) is 8.88. The largest absolute Gasteiger partial charge is 0.467 e. The van der Waals surface area contributed by atoms with Gasteiger partial charge in [-0.25, -0.2) is 4.79 Å². The molecule has 0 spiro atoms. The summed E-state index contributed by atoms with van der Waals surface area (Å²) in [5.74, 6) is -0.601. The first kappa shape index (κ1) is 11.7. The van der Waals surface area contributed by atoms with Crippen LogP contribution in [0, 0.1) is 0 Å². The molecule has 82 valence electrons. The van der Waals surface area contributed by atoms with Gasteiger partial charge < -0.3 is 9.84 Å². The van der Waals surface area contributed by atoms with Crippen LogP contribution in [-0.2, 0) is 15.1 Å². The minimum absolute atomic E-state index is 0.365. The second-order valence-electron chi connectivity index (χ2n) is 3.47. The third-order valence-electron chi connectivity index (χ3n) is 2.39. The van der Waals surface area contributed by atoms with E-state index in [-0.39, 0.29) is 0 Å². The van der Waals surface area contributed by atoms with Gasteiger partial charge in [0.1, 0.15) is 0 Å². The maximum atomic E-state index is 11.6. The van der Waals surface area contributed by atoms with Crippen molar-refractivity contribution in [2.45, 2.75) is 25.4 Å². The monoisotopic (exact) mass is 208 g/mol.